The number of fused-ring (bicyclic) bond motifs is 2. The SMILES string of the molecule is CCN(CCN1Cc2ccc(Cc3n[nH]c(=O)c4ccc(C)cc34)cc2C1=O)c1ccc(C#N)cn1. The van der Waals surface area contributed by atoms with Crippen molar-refractivity contribution in [2.75, 3.05) is 24.5 Å². The fourth-order valence-electron chi connectivity index (χ4n) is 4.68. The van der Waals surface area contributed by atoms with Crippen molar-refractivity contribution in [1.82, 2.24) is 20.1 Å². The second-order valence-corrected chi connectivity index (χ2v) is 9.04. The number of aromatic nitrogens is 3. The Kier molecular flexibility index (Phi) is 6.21. The Morgan fingerprint density at radius 3 is 2.72 bits per heavy atom. The summed E-state index contributed by atoms with van der Waals surface area (Å²) in [4.78, 5) is 33.7. The summed E-state index contributed by atoms with van der Waals surface area (Å²) >= 11 is 0. The Bertz CT molecular complexity index is 1550. The summed E-state index contributed by atoms with van der Waals surface area (Å²) < 4.78 is 0. The van der Waals surface area contributed by atoms with E-state index in [2.05, 4.69) is 26.2 Å². The number of aryl methyl sites for hydroxylation is 1. The first-order chi connectivity index (χ1) is 17.5. The van der Waals surface area contributed by atoms with Crippen molar-refractivity contribution in [2.24, 2.45) is 0 Å². The van der Waals surface area contributed by atoms with Gasteiger partial charge in [-0.2, -0.15) is 10.4 Å². The van der Waals surface area contributed by atoms with E-state index in [4.69, 9.17) is 5.26 Å². The number of nitrogens with zero attached hydrogens (tertiary/aromatic N) is 5. The average molecular weight is 479 g/mol. The van der Waals surface area contributed by atoms with Crippen LogP contribution in [0.2, 0.25) is 0 Å². The quantitative estimate of drug-likeness (QED) is 0.435. The minimum Gasteiger partial charge on any atom is -0.355 e. The second kappa shape index (κ2) is 9.62. The predicted molar refractivity (Wildman–Crippen MR) is 138 cm³/mol. The lowest BCUT2D eigenvalue weighted by Crippen LogP contribution is -2.35. The summed E-state index contributed by atoms with van der Waals surface area (Å²) in [5, 5.41) is 17.3. The summed E-state index contributed by atoms with van der Waals surface area (Å²) in [6, 6.07) is 17.4. The molecular weight excluding hydrogens is 452 g/mol. The van der Waals surface area contributed by atoms with Crippen LogP contribution in [0.4, 0.5) is 5.82 Å². The molecule has 0 atom stereocenters. The molecule has 0 saturated heterocycles. The van der Waals surface area contributed by atoms with Gasteiger partial charge in [0, 0.05) is 49.7 Å². The molecule has 0 bridgehead atoms. The van der Waals surface area contributed by atoms with Gasteiger partial charge in [-0.3, -0.25) is 9.59 Å². The molecule has 2 aromatic heterocycles. The Labute approximate surface area is 208 Å². The number of H-pyrrole nitrogens is 1. The normalized spacial score (nSPS) is 12.6. The molecule has 0 fully saturated rings. The first-order valence-corrected chi connectivity index (χ1v) is 12.0. The van der Waals surface area contributed by atoms with E-state index in [0.29, 0.717) is 37.0 Å². The van der Waals surface area contributed by atoms with Gasteiger partial charge < -0.3 is 9.80 Å². The number of aromatic amines is 1. The maximum absolute atomic E-state index is 13.2. The van der Waals surface area contributed by atoms with Crippen LogP contribution in [0, 0.1) is 18.3 Å². The maximum Gasteiger partial charge on any atom is 0.272 e. The van der Waals surface area contributed by atoms with E-state index in [1.807, 2.05) is 61.2 Å². The Morgan fingerprint density at radius 2 is 1.97 bits per heavy atom. The molecule has 1 aliphatic rings. The third-order valence-electron chi connectivity index (χ3n) is 6.67. The number of anilines is 1. The highest BCUT2D eigenvalue weighted by atomic mass is 16.2. The first kappa shape index (κ1) is 23.2. The Morgan fingerprint density at radius 1 is 1.11 bits per heavy atom. The van der Waals surface area contributed by atoms with Gasteiger partial charge in [-0.15, -0.1) is 0 Å². The predicted octanol–water partition coefficient (Wildman–Crippen LogP) is 3.57. The number of pyridine rings is 1. The van der Waals surface area contributed by atoms with E-state index >= 15 is 0 Å². The van der Waals surface area contributed by atoms with Crippen LogP contribution in [-0.4, -0.2) is 45.6 Å². The van der Waals surface area contributed by atoms with Gasteiger partial charge in [0.15, 0.2) is 0 Å². The van der Waals surface area contributed by atoms with Crippen LogP contribution in [0.15, 0.2) is 59.5 Å². The number of rotatable bonds is 7. The summed E-state index contributed by atoms with van der Waals surface area (Å²) in [7, 11) is 0. The first-order valence-electron chi connectivity index (χ1n) is 12.0. The van der Waals surface area contributed by atoms with Gasteiger partial charge >= 0.3 is 0 Å². The Balaban J connectivity index is 1.31. The van der Waals surface area contributed by atoms with Crippen LogP contribution in [0.25, 0.3) is 10.8 Å². The van der Waals surface area contributed by atoms with Gasteiger partial charge in [-0.05, 0) is 55.3 Å². The lowest BCUT2D eigenvalue weighted by atomic mass is 10.00. The third kappa shape index (κ3) is 4.43. The van der Waals surface area contributed by atoms with Crippen molar-refractivity contribution in [3.05, 3.63) is 98.6 Å². The standard InChI is InChI=1S/C28H26N6O2/c1-3-33(26-9-6-20(15-29)16-30-26)10-11-34-17-21-7-5-19(13-23(21)28(34)36)14-25-24-12-18(2)4-8-22(24)27(35)32-31-25/h4-9,12-13,16H,3,10-11,14,17H2,1-2H3,(H,32,35). The summed E-state index contributed by atoms with van der Waals surface area (Å²) in [5.41, 5.74) is 4.87. The highest BCUT2D eigenvalue weighted by molar-refractivity contribution is 5.98. The van der Waals surface area contributed by atoms with Crippen LogP contribution in [-0.2, 0) is 13.0 Å². The number of amides is 1. The monoisotopic (exact) mass is 478 g/mol. The number of nitrogens with one attached hydrogen (secondary N) is 1. The molecule has 8 heteroatoms. The van der Waals surface area contributed by atoms with Crippen LogP contribution in [0.3, 0.4) is 0 Å². The molecule has 0 saturated carbocycles. The largest absolute Gasteiger partial charge is 0.355 e. The number of nitriles is 1. The van der Waals surface area contributed by atoms with Crippen LogP contribution in [0.1, 0.15) is 45.2 Å². The fourth-order valence-corrected chi connectivity index (χ4v) is 4.68. The van der Waals surface area contributed by atoms with E-state index in [1.54, 1.807) is 12.3 Å². The number of carbonyl (C=O) groups excluding carboxylic acids is 1. The molecule has 0 radical (unpaired) electrons. The Hall–Kier alpha value is -4.51. The van der Waals surface area contributed by atoms with E-state index in [1.165, 1.54) is 0 Å². The maximum atomic E-state index is 13.2. The topological polar surface area (TPSA) is 106 Å². The minimum absolute atomic E-state index is 0.0193. The smallest absolute Gasteiger partial charge is 0.272 e. The van der Waals surface area contributed by atoms with E-state index in [-0.39, 0.29) is 11.5 Å². The van der Waals surface area contributed by atoms with E-state index < -0.39 is 0 Å². The molecule has 0 aliphatic carbocycles. The molecule has 0 unspecified atom stereocenters. The lowest BCUT2D eigenvalue weighted by molar-refractivity contribution is 0.0782. The van der Waals surface area contributed by atoms with Crippen molar-refractivity contribution < 1.29 is 4.79 Å². The average Bonchev–Trinajstić information content (AvgIpc) is 3.21. The molecule has 4 aromatic rings. The zero-order valence-corrected chi connectivity index (χ0v) is 20.3. The zero-order valence-electron chi connectivity index (χ0n) is 20.3. The van der Waals surface area contributed by atoms with Gasteiger partial charge in [-0.1, -0.05) is 23.8 Å². The summed E-state index contributed by atoms with van der Waals surface area (Å²) in [6.07, 6.45) is 2.09. The number of benzene rings is 2. The molecule has 5 rings (SSSR count). The zero-order chi connectivity index (χ0) is 25.2. The van der Waals surface area contributed by atoms with Crippen molar-refractivity contribution in [3.8, 4) is 6.07 Å². The molecule has 1 N–H and O–H groups in total. The molecule has 36 heavy (non-hydrogen) atoms. The van der Waals surface area contributed by atoms with E-state index in [0.717, 1.165) is 45.7 Å². The van der Waals surface area contributed by atoms with E-state index in [9.17, 15) is 9.59 Å². The molecule has 2 aromatic carbocycles. The van der Waals surface area contributed by atoms with Crippen molar-refractivity contribution in [3.63, 3.8) is 0 Å². The van der Waals surface area contributed by atoms with Gasteiger partial charge in [0.05, 0.1) is 16.6 Å². The van der Waals surface area contributed by atoms with Gasteiger partial charge in [0.1, 0.15) is 11.9 Å². The minimum atomic E-state index is -0.203. The molecule has 1 aliphatic heterocycles. The second-order valence-electron chi connectivity index (χ2n) is 9.04. The number of likely N-dealkylation sites (N-methyl/N-ethyl adjacent to an activating group) is 1. The molecule has 1 amide bonds. The van der Waals surface area contributed by atoms with Gasteiger partial charge in [0.25, 0.3) is 11.5 Å². The van der Waals surface area contributed by atoms with Crippen LogP contribution < -0.4 is 10.5 Å². The number of hydrogen-bond donors (Lipinski definition) is 1. The number of carbonyl (C=O) groups is 1. The third-order valence-corrected chi connectivity index (χ3v) is 6.67. The van der Waals surface area contributed by atoms with Crippen molar-refractivity contribution in [1.29, 1.82) is 5.26 Å². The van der Waals surface area contributed by atoms with Gasteiger partial charge in [0.2, 0.25) is 0 Å². The molecule has 180 valence electrons. The lowest BCUT2D eigenvalue weighted by Gasteiger charge is -2.25. The molecular formula is C28H26N6O2. The van der Waals surface area contributed by atoms with Crippen LogP contribution >= 0.6 is 0 Å². The van der Waals surface area contributed by atoms with Crippen LogP contribution in [0.5, 0.6) is 0 Å². The number of hydrogen-bond acceptors (Lipinski definition) is 6. The van der Waals surface area contributed by atoms with Crippen molar-refractivity contribution >= 4 is 22.5 Å². The summed E-state index contributed by atoms with van der Waals surface area (Å²) in [5.74, 6) is 0.810. The summed E-state index contributed by atoms with van der Waals surface area (Å²) in [6.45, 7) is 6.58. The van der Waals surface area contributed by atoms with Gasteiger partial charge in [-0.25, -0.2) is 10.1 Å². The highest BCUT2D eigenvalue weighted by Crippen LogP contribution is 2.26. The molecule has 8 nitrogen and oxygen atoms in total. The van der Waals surface area contributed by atoms with Crippen molar-refractivity contribution in [2.45, 2.75) is 26.8 Å². The fraction of sp³-hybridized carbons (Fsp3) is 0.250. The highest BCUT2D eigenvalue weighted by Gasteiger charge is 2.28. The molecule has 0 spiro atoms. The molecule has 3 heterocycles.